The Kier molecular flexibility index (Phi) is 4.07. The molecule has 1 aromatic heterocycles. The summed E-state index contributed by atoms with van der Waals surface area (Å²) in [6.45, 7) is 1.91. The van der Waals surface area contributed by atoms with Crippen LogP contribution in [0.5, 0.6) is 0 Å². The zero-order chi connectivity index (χ0) is 12.1. The second-order valence-corrected chi connectivity index (χ2v) is 5.18. The van der Waals surface area contributed by atoms with Gasteiger partial charge in [0.25, 0.3) is 0 Å². The Morgan fingerprint density at radius 2 is 1.88 bits per heavy atom. The fourth-order valence-corrected chi connectivity index (χ4v) is 2.68. The molecule has 0 bridgehead atoms. The first-order valence-corrected chi connectivity index (χ1v) is 6.35. The van der Waals surface area contributed by atoms with Crippen molar-refractivity contribution in [1.82, 2.24) is 20.2 Å². The Hall–Kier alpha value is -1.00. The first kappa shape index (κ1) is 12.5. The van der Waals surface area contributed by atoms with Crippen LogP contribution in [0.1, 0.15) is 31.2 Å². The third-order valence-electron chi connectivity index (χ3n) is 3.88. The minimum atomic E-state index is 0.357. The SMILES string of the molecule is CN(C)C1(CNCc2cncnc2)CCCC1. The molecule has 0 aliphatic heterocycles. The largest absolute Gasteiger partial charge is 0.311 e. The zero-order valence-electron chi connectivity index (χ0n) is 10.8. The zero-order valence-corrected chi connectivity index (χ0v) is 10.8. The van der Waals surface area contributed by atoms with E-state index >= 15 is 0 Å². The van der Waals surface area contributed by atoms with Crippen molar-refractivity contribution in [3.05, 3.63) is 24.3 Å². The van der Waals surface area contributed by atoms with Crippen LogP contribution in [-0.2, 0) is 6.54 Å². The average Bonchev–Trinajstić information content (AvgIpc) is 2.80. The fraction of sp³-hybridized carbons (Fsp3) is 0.692. The predicted molar refractivity (Wildman–Crippen MR) is 68.6 cm³/mol. The van der Waals surface area contributed by atoms with Gasteiger partial charge in [-0.15, -0.1) is 0 Å². The number of likely N-dealkylation sites (N-methyl/N-ethyl adjacent to an activating group) is 1. The van der Waals surface area contributed by atoms with Crippen LogP contribution in [0.25, 0.3) is 0 Å². The van der Waals surface area contributed by atoms with Gasteiger partial charge in [-0.1, -0.05) is 12.8 Å². The van der Waals surface area contributed by atoms with Crippen molar-refractivity contribution in [2.24, 2.45) is 0 Å². The summed E-state index contributed by atoms with van der Waals surface area (Å²) >= 11 is 0. The lowest BCUT2D eigenvalue weighted by molar-refractivity contribution is 0.153. The van der Waals surface area contributed by atoms with E-state index in [4.69, 9.17) is 0 Å². The van der Waals surface area contributed by atoms with Crippen molar-refractivity contribution in [3.8, 4) is 0 Å². The molecule has 0 amide bonds. The number of nitrogens with one attached hydrogen (secondary N) is 1. The first-order chi connectivity index (χ1) is 8.23. The highest BCUT2D eigenvalue weighted by Crippen LogP contribution is 2.33. The van der Waals surface area contributed by atoms with E-state index in [1.54, 1.807) is 6.33 Å². The lowest BCUT2D eigenvalue weighted by Gasteiger charge is -2.36. The summed E-state index contributed by atoms with van der Waals surface area (Å²) in [5.41, 5.74) is 1.51. The highest BCUT2D eigenvalue weighted by atomic mass is 15.2. The van der Waals surface area contributed by atoms with Gasteiger partial charge in [0.1, 0.15) is 6.33 Å². The van der Waals surface area contributed by atoms with Crippen LogP contribution < -0.4 is 5.32 Å². The van der Waals surface area contributed by atoms with Crippen molar-refractivity contribution < 1.29 is 0 Å². The molecule has 17 heavy (non-hydrogen) atoms. The van der Waals surface area contributed by atoms with Crippen molar-refractivity contribution >= 4 is 0 Å². The van der Waals surface area contributed by atoms with Crippen LogP contribution in [0.4, 0.5) is 0 Å². The van der Waals surface area contributed by atoms with Crippen molar-refractivity contribution in [2.75, 3.05) is 20.6 Å². The molecule has 1 aromatic rings. The molecule has 1 aliphatic rings. The minimum absolute atomic E-state index is 0.357. The maximum absolute atomic E-state index is 4.03. The van der Waals surface area contributed by atoms with Crippen LogP contribution in [0.3, 0.4) is 0 Å². The fourth-order valence-electron chi connectivity index (χ4n) is 2.68. The van der Waals surface area contributed by atoms with E-state index in [0.717, 1.165) is 18.7 Å². The first-order valence-electron chi connectivity index (χ1n) is 6.35. The summed E-state index contributed by atoms with van der Waals surface area (Å²) < 4.78 is 0. The van der Waals surface area contributed by atoms with E-state index in [1.165, 1.54) is 25.7 Å². The van der Waals surface area contributed by atoms with Crippen LogP contribution in [0, 0.1) is 0 Å². The van der Waals surface area contributed by atoms with Crippen LogP contribution in [0.15, 0.2) is 18.7 Å². The topological polar surface area (TPSA) is 41.0 Å². The second-order valence-electron chi connectivity index (χ2n) is 5.18. The van der Waals surface area contributed by atoms with Crippen LogP contribution in [0.2, 0.25) is 0 Å². The molecule has 0 saturated heterocycles. The monoisotopic (exact) mass is 234 g/mol. The Balaban J connectivity index is 1.84. The predicted octanol–water partition coefficient (Wildman–Crippen LogP) is 1.44. The molecule has 1 fully saturated rings. The molecule has 0 spiro atoms. The highest BCUT2D eigenvalue weighted by molar-refractivity contribution is 5.02. The second kappa shape index (κ2) is 5.56. The van der Waals surface area contributed by atoms with Gasteiger partial charge in [-0.05, 0) is 26.9 Å². The summed E-state index contributed by atoms with van der Waals surface area (Å²) in [5.74, 6) is 0. The molecule has 1 saturated carbocycles. The minimum Gasteiger partial charge on any atom is -0.311 e. The number of rotatable bonds is 5. The van der Waals surface area contributed by atoms with E-state index in [0.29, 0.717) is 5.54 Å². The van der Waals surface area contributed by atoms with E-state index in [9.17, 15) is 0 Å². The van der Waals surface area contributed by atoms with Crippen molar-refractivity contribution in [1.29, 1.82) is 0 Å². The third-order valence-corrected chi connectivity index (χ3v) is 3.88. The molecule has 0 radical (unpaired) electrons. The van der Waals surface area contributed by atoms with Crippen molar-refractivity contribution in [2.45, 2.75) is 37.8 Å². The van der Waals surface area contributed by atoms with Crippen molar-refractivity contribution in [3.63, 3.8) is 0 Å². The molecular formula is C13H22N4. The summed E-state index contributed by atoms with van der Waals surface area (Å²) in [7, 11) is 4.39. The molecule has 4 nitrogen and oxygen atoms in total. The Morgan fingerprint density at radius 1 is 1.24 bits per heavy atom. The van der Waals surface area contributed by atoms with Gasteiger partial charge < -0.3 is 10.2 Å². The maximum Gasteiger partial charge on any atom is 0.115 e. The summed E-state index contributed by atoms with van der Waals surface area (Å²) in [5, 5.41) is 3.54. The lowest BCUT2D eigenvalue weighted by atomic mass is 9.96. The van der Waals surface area contributed by atoms with Gasteiger partial charge in [-0.2, -0.15) is 0 Å². The smallest absolute Gasteiger partial charge is 0.115 e. The van der Waals surface area contributed by atoms with Gasteiger partial charge in [0.15, 0.2) is 0 Å². The standard InChI is InChI=1S/C13H22N4/c1-17(2)13(5-3-4-6-13)10-14-7-12-8-15-11-16-9-12/h8-9,11,14H,3-7,10H2,1-2H3. The summed E-state index contributed by atoms with van der Waals surface area (Å²) in [6, 6.07) is 0. The normalized spacial score (nSPS) is 18.8. The molecule has 0 aromatic carbocycles. The van der Waals surface area contributed by atoms with E-state index < -0.39 is 0 Å². The van der Waals surface area contributed by atoms with Gasteiger partial charge in [0, 0.05) is 36.6 Å². The summed E-state index contributed by atoms with van der Waals surface area (Å²) in [4.78, 5) is 10.4. The summed E-state index contributed by atoms with van der Waals surface area (Å²) in [6.07, 6.45) is 10.6. The van der Waals surface area contributed by atoms with Gasteiger partial charge in [0.05, 0.1) is 0 Å². The number of hydrogen-bond donors (Lipinski definition) is 1. The molecular weight excluding hydrogens is 212 g/mol. The average molecular weight is 234 g/mol. The van der Waals surface area contributed by atoms with Gasteiger partial charge in [0.2, 0.25) is 0 Å². The van der Waals surface area contributed by atoms with Gasteiger partial charge in [-0.25, -0.2) is 9.97 Å². The van der Waals surface area contributed by atoms with Gasteiger partial charge in [-0.3, -0.25) is 0 Å². The molecule has 4 heteroatoms. The molecule has 1 aliphatic carbocycles. The van der Waals surface area contributed by atoms with Crippen LogP contribution >= 0.6 is 0 Å². The highest BCUT2D eigenvalue weighted by Gasteiger charge is 2.35. The van der Waals surface area contributed by atoms with E-state index in [1.807, 2.05) is 12.4 Å². The van der Waals surface area contributed by atoms with Crippen LogP contribution in [-0.4, -0.2) is 41.0 Å². The maximum atomic E-state index is 4.03. The number of hydrogen-bond acceptors (Lipinski definition) is 4. The molecule has 94 valence electrons. The lowest BCUT2D eigenvalue weighted by Crippen LogP contribution is -2.49. The molecule has 1 N–H and O–H groups in total. The third kappa shape index (κ3) is 3.01. The van der Waals surface area contributed by atoms with E-state index in [-0.39, 0.29) is 0 Å². The number of nitrogens with zero attached hydrogens (tertiary/aromatic N) is 3. The molecule has 0 unspecified atom stereocenters. The Bertz CT molecular complexity index is 331. The van der Waals surface area contributed by atoms with E-state index in [2.05, 4.69) is 34.3 Å². The number of aromatic nitrogens is 2. The Labute approximate surface area is 103 Å². The molecule has 1 heterocycles. The van der Waals surface area contributed by atoms with Gasteiger partial charge >= 0.3 is 0 Å². The quantitative estimate of drug-likeness (QED) is 0.837. The Morgan fingerprint density at radius 3 is 2.47 bits per heavy atom. The molecule has 0 atom stereocenters. The molecule has 2 rings (SSSR count).